The first-order valence-electron chi connectivity index (χ1n) is 5.66. The molecule has 1 amide bonds. The number of hydrogen-bond donors (Lipinski definition) is 2. The molecule has 102 valence electrons. The van der Waals surface area contributed by atoms with Gasteiger partial charge in [0, 0.05) is 16.2 Å². The number of ether oxygens (including phenoxy) is 2. The van der Waals surface area contributed by atoms with Crippen LogP contribution in [0.1, 0.15) is 16.1 Å². The van der Waals surface area contributed by atoms with Gasteiger partial charge >= 0.3 is 0 Å². The number of nitrogens with zero attached hydrogens (tertiary/aromatic N) is 2. The van der Waals surface area contributed by atoms with Gasteiger partial charge in [-0.3, -0.25) is 9.89 Å². The number of nitrogens with one attached hydrogen (secondary N) is 2. The maximum absolute atomic E-state index is 11.6. The number of aromatic amines is 1. The van der Waals surface area contributed by atoms with Crippen molar-refractivity contribution in [2.24, 2.45) is 5.10 Å². The summed E-state index contributed by atoms with van der Waals surface area (Å²) in [6.45, 7) is 0.207. The van der Waals surface area contributed by atoms with Gasteiger partial charge in [-0.15, -0.1) is 0 Å². The minimum absolute atomic E-state index is 0.207. The van der Waals surface area contributed by atoms with Crippen LogP contribution in [0.5, 0.6) is 11.5 Å². The SMILES string of the molecule is O=C(N/N=C\c1cc2c(cc1Br)OCO2)c1ccn[nH]1. The lowest BCUT2D eigenvalue weighted by atomic mass is 10.2. The van der Waals surface area contributed by atoms with Gasteiger partial charge in [-0.05, 0) is 34.1 Å². The number of rotatable bonds is 3. The van der Waals surface area contributed by atoms with Crippen LogP contribution in [0.3, 0.4) is 0 Å². The molecule has 1 aromatic carbocycles. The Morgan fingerprint density at radius 1 is 1.45 bits per heavy atom. The molecule has 0 bridgehead atoms. The number of carbonyl (C=O) groups is 1. The first-order chi connectivity index (χ1) is 9.74. The standard InChI is InChI=1S/C12H9BrN4O3/c13-8-4-11-10(19-6-20-11)3-7(8)5-15-17-12(18)9-1-2-14-16-9/h1-5H,6H2,(H,14,16)(H,17,18)/b15-5-. The van der Waals surface area contributed by atoms with Crippen molar-refractivity contribution in [3.05, 3.63) is 40.1 Å². The molecule has 8 heteroatoms. The van der Waals surface area contributed by atoms with Gasteiger partial charge in [-0.2, -0.15) is 10.2 Å². The van der Waals surface area contributed by atoms with Crippen molar-refractivity contribution in [3.63, 3.8) is 0 Å². The predicted molar refractivity (Wildman–Crippen MR) is 73.9 cm³/mol. The van der Waals surface area contributed by atoms with Crippen LogP contribution in [0.15, 0.2) is 34.0 Å². The summed E-state index contributed by atoms with van der Waals surface area (Å²) in [6, 6.07) is 5.13. The van der Waals surface area contributed by atoms with E-state index in [4.69, 9.17) is 9.47 Å². The molecular formula is C12H9BrN4O3. The molecule has 3 rings (SSSR count). The Bertz CT molecular complexity index is 670. The maximum Gasteiger partial charge on any atom is 0.289 e. The molecular weight excluding hydrogens is 328 g/mol. The lowest BCUT2D eigenvalue weighted by Gasteiger charge is -2.01. The molecule has 0 fully saturated rings. The van der Waals surface area contributed by atoms with E-state index in [0.717, 1.165) is 10.0 Å². The van der Waals surface area contributed by atoms with Crippen LogP contribution in [0.4, 0.5) is 0 Å². The van der Waals surface area contributed by atoms with Crippen LogP contribution >= 0.6 is 15.9 Å². The Morgan fingerprint density at radius 3 is 3.00 bits per heavy atom. The van der Waals surface area contributed by atoms with Gasteiger partial charge in [0.1, 0.15) is 5.69 Å². The van der Waals surface area contributed by atoms with Crippen molar-refractivity contribution in [1.29, 1.82) is 0 Å². The smallest absolute Gasteiger partial charge is 0.289 e. The molecule has 0 aliphatic carbocycles. The lowest BCUT2D eigenvalue weighted by Crippen LogP contribution is -2.18. The molecule has 2 aromatic rings. The summed E-state index contributed by atoms with van der Waals surface area (Å²) in [5.74, 6) is 0.959. The fourth-order valence-corrected chi connectivity index (χ4v) is 2.06. The van der Waals surface area contributed by atoms with Crippen LogP contribution in [-0.4, -0.2) is 29.1 Å². The Kier molecular flexibility index (Phi) is 3.38. The third kappa shape index (κ3) is 2.50. The quantitative estimate of drug-likeness (QED) is 0.659. The summed E-state index contributed by atoms with van der Waals surface area (Å²) in [4.78, 5) is 11.6. The minimum atomic E-state index is -0.365. The van der Waals surface area contributed by atoms with Gasteiger partial charge in [0.05, 0.1) is 6.21 Å². The van der Waals surface area contributed by atoms with Gasteiger partial charge < -0.3 is 9.47 Å². The van der Waals surface area contributed by atoms with E-state index in [0.29, 0.717) is 17.2 Å². The molecule has 2 N–H and O–H groups in total. The fraction of sp³-hybridized carbons (Fsp3) is 0.0833. The number of carbonyl (C=O) groups excluding carboxylic acids is 1. The van der Waals surface area contributed by atoms with Gasteiger partial charge in [-0.25, -0.2) is 5.43 Å². The molecule has 1 aliphatic rings. The zero-order valence-electron chi connectivity index (χ0n) is 10.1. The van der Waals surface area contributed by atoms with Crippen molar-refractivity contribution >= 4 is 28.1 Å². The van der Waals surface area contributed by atoms with Crippen LogP contribution in [-0.2, 0) is 0 Å². The van der Waals surface area contributed by atoms with Gasteiger partial charge in [0.2, 0.25) is 6.79 Å². The Labute approximate surface area is 122 Å². The molecule has 0 saturated carbocycles. The number of hydrogen-bond acceptors (Lipinski definition) is 5. The number of fused-ring (bicyclic) bond motifs is 1. The number of hydrazone groups is 1. The molecule has 0 spiro atoms. The Morgan fingerprint density at radius 2 is 2.25 bits per heavy atom. The summed E-state index contributed by atoms with van der Waals surface area (Å²) in [7, 11) is 0. The van der Waals surface area contributed by atoms with Gasteiger partial charge in [0.25, 0.3) is 5.91 Å². The zero-order chi connectivity index (χ0) is 13.9. The zero-order valence-corrected chi connectivity index (χ0v) is 11.7. The number of halogens is 1. The monoisotopic (exact) mass is 336 g/mol. The summed E-state index contributed by atoms with van der Waals surface area (Å²) in [5, 5.41) is 10.1. The van der Waals surface area contributed by atoms with Crippen molar-refractivity contribution < 1.29 is 14.3 Å². The molecule has 0 saturated heterocycles. The molecule has 0 unspecified atom stereocenters. The number of benzene rings is 1. The Balaban J connectivity index is 1.72. The predicted octanol–water partition coefficient (Wildman–Crippen LogP) is 1.66. The normalized spacial score (nSPS) is 12.8. The van der Waals surface area contributed by atoms with E-state index in [1.54, 1.807) is 18.2 Å². The van der Waals surface area contributed by atoms with Gasteiger partial charge in [-0.1, -0.05) is 0 Å². The first kappa shape index (κ1) is 12.7. The largest absolute Gasteiger partial charge is 0.454 e. The highest BCUT2D eigenvalue weighted by molar-refractivity contribution is 9.10. The van der Waals surface area contributed by atoms with Crippen molar-refractivity contribution in [1.82, 2.24) is 15.6 Å². The maximum atomic E-state index is 11.6. The van der Waals surface area contributed by atoms with Crippen LogP contribution < -0.4 is 14.9 Å². The topological polar surface area (TPSA) is 88.6 Å². The minimum Gasteiger partial charge on any atom is -0.454 e. The van der Waals surface area contributed by atoms with Gasteiger partial charge in [0.15, 0.2) is 11.5 Å². The fourth-order valence-electron chi connectivity index (χ4n) is 1.63. The molecule has 1 aliphatic heterocycles. The molecule has 2 heterocycles. The van der Waals surface area contributed by atoms with E-state index in [1.807, 2.05) is 0 Å². The van der Waals surface area contributed by atoms with Crippen molar-refractivity contribution in [2.75, 3.05) is 6.79 Å². The second-order valence-electron chi connectivity index (χ2n) is 3.90. The van der Waals surface area contributed by atoms with E-state index < -0.39 is 0 Å². The lowest BCUT2D eigenvalue weighted by molar-refractivity contribution is 0.0950. The van der Waals surface area contributed by atoms with Crippen LogP contribution in [0.25, 0.3) is 0 Å². The van der Waals surface area contributed by atoms with E-state index in [1.165, 1.54) is 12.4 Å². The number of aromatic nitrogens is 2. The summed E-state index contributed by atoms with van der Waals surface area (Å²) < 4.78 is 11.3. The molecule has 20 heavy (non-hydrogen) atoms. The van der Waals surface area contributed by atoms with E-state index >= 15 is 0 Å². The average molecular weight is 337 g/mol. The average Bonchev–Trinajstić information content (AvgIpc) is 3.08. The highest BCUT2D eigenvalue weighted by Crippen LogP contribution is 2.36. The van der Waals surface area contributed by atoms with E-state index in [2.05, 4.69) is 36.7 Å². The molecule has 0 radical (unpaired) electrons. The van der Waals surface area contributed by atoms with Crippen LogP contribution in [0.2, 0.25) is 0 Å². The second-order valence-corrected chi connectivity index (χ2v) is 4.75. The third-order valence-corrected chi connectivity index (χ3v) is 3.29. The third-order valence-electron chi connectivity index (χ3n) is 2.61. The van der Waals surface area contributed by atoms with Crippen LogP contribution in [0, 0.1) is 0 Å². The summed E-state index contributed by atoms with van der Waals surface area (Å²) >= 11 is 3.40. The molecule has 1 aromatic heterocycles. The highest BCUT2D eigenvalue weighted by Gasteiger charge is 2.15. The highest BCUT2D eigenvalue weighted by atomic mass is 79.9. The van der Waals surface area contributed by atoms with E-state index in [9.17, 15) is 4.79 Å². The number of amides is 1. The second kappa shape index (κ2) is 5.33. The first-order valence-corrected chi connectivity index (χ1v) is 6.45. The van der Waals surface area contributed by atoms with Crippen molar-refractivity contribution in [2.45, 2.75) is 0 Å². The molecule has 0 atom stereocenters. The summed E-state index contributed by atoms with van der Waals surface area (Å²) in [5.41, 5.74) is 3.50. The Hall–Kier alpha value is -2.35. The van der Waals surface area contributed by atoms with E-state index in [-0.39, 0.29) is 12.7 Å². The number of H-pyrrole nitrogens is 1. The summed E-state index contributed by atoms with van der Waals surface area (Å²) in [6.07, 6.45) is 3.01. The molecule has 7 nitrogen and oxygen atoms in total. The van der Waals surface area contributed by atoms with Crippen molar-refractivity contribution in [3.8, 4) is 11.5 Å².